The molecule has 0 unspecified atom stereocenters. The number of nitrogens with zero attached hydrogens (tertiary/aromatic N) is 1. The lowest BCUT2D eigenvalue weighted by atomic mass is 10.1. The SMILES string of the molecule is CCNC(=NC)NCCc1cccc(C(=O)NC)c1. The van der Waals surface area contributed by atoms with Gasteiger partial charge in [-0.3, -0.25) is 9.79 Å². The summed E-state index contributed by atoms with van der Waals surface area (Å²) in [7, 11) is 3.38. The fourth-order valence-electron chi connectivity index (χ4n) is 1.73. The number of amides is 1. The molecule has 1 amide bonds. The molecule has 104 valence electrons. The van der Waals surface area contributed by atoms with E-state index in [0.717, 1.165) is 31.0 Å². The van der Waals surface area contributed by atoms with Crippen molar-refractivity contribution in [2.75, 3.05) is 27.2 Å². The molecule has 0 aromatic heterocycles. The minimum Gasteiger partial charge on any atom is -0.357 e. The van der Waals surface area contributed by atoms with Gasteiger partial charge < -0.3 is 16.0 Å². The Hall–Kier alpha value is -2.04. The fourth-order valence-corrected chi connectivity index (χ4v) is 1.73. The Kier molecular flexibility index (Phi) is 6.43. The third-order valence-corrected chi connectivity index (χ3v) is 2.69. The van der Waals surface area contributed by atoms with Crippen molar-refractivity contribution in [3.8, 4) is 0 Å². The van der Waals surface area contributed by atoms with Gasteiger partial charge in [0.05, 0.1) is 0 Å². The van der Waals surface area contributed by atoms with Crippen LogP contribution in [0.2, 0.25) is 0 Å². The van der Waals surface area contributed by atoms with E-state index in [2.05, 4.69) is 20.9 Å². The Morgan fingerprint density at radius 3 is 2.74 bits per heavy atom. The minimum atomic E-state index is -0.0572. The summed E-state index contributed by atoms with van der Waals surface area (Å²) in [6.45, 7) is 3.64. The lowest BCUT2D eigenvalue weighted by molar-refractivity contribution is 0.0963. The zero-order valence-electron chi connectivity index (χ0n) is 11.8. The zero-order chi connectivity index (χ0) is 14.1. The minimum absolute atomic E-state index is 0.0572. The molecular weight excluding hydrogens is 240 g/mol. The highest BCUT2D eigenvalue weighted by Crippen LogP contribution is 2.05. The van der Waals surface area contributed by atoms with Gasteiger partial charge in [0.25, 0.3) is 5.91 Å². The Morgan fingerprint density at radius 2 is 2.11 bits per heavy atom. The highest BCUT2D eigenvalue weighted by atomic mass is 16.1. The molecule has 0 saturated carbocycles. The van der Waals surface area contributed by atoms with E-state index in [0.29, 0.717) is 5.56 Å². The van der Waals surface area contributed by atoms with Crippen LogP contribution in [-0.4, -0.2) is 39.1 Å². The third kappa shape index (κ3) is 4.99. The molecule has 1 rings (SSSR count). The number of benzene rings is 1. The van der Waals surface area contributed by atoms with E-state index in [-0.39, 0.29) is 5.91 Å². The highest BCUT2D eigenvalue weighted by Gasteiger charge is 2.03. The van der Waals surface area contributed by atoms with E-state index >= 15 is 0 Å². The summed E-state index contributed by atoms with van der Waals surface area (Å²) < 4.78 is 0. The molecule has 5 nitrogen and oxygen atoms in total. The van der Waals surface area contributed by atoms with Gasteiger partial charge in [0.15, 0.2) is 5.96 Å². The number of nitrogens with one attached hydrogen (secondary N) is 3. The molecule has 5 heteroatoms. The average Bonchev–Trinajstić information content (AvgIpc) is 2.45. The van der Waals surface area contributed by atoms with Crippen LogP contribution in [0, 0.1) is 0 Å². The molecule has 0 saturated heterocycles. The van der Waals surface area contributed by atoms with E-state index in [1.165, 1.54) is 0 Å². The standard InChI is InChI=1S/C14H22N4O/c1-4-17-14(16-3)18-9-8-11-6-5-7-12(10-11)13(19)15-2/h5-7,10H,4,8-9H2,1-3H3,(H,15,19)(H2,16,17,18). The number of guanidine groups is 1. The molecule has 0 radical (unpaired) electrons. The number of carbonyl (C=O) groups excluding carboxylic acids is 1. The summed E-state index contributed by atoms with van der Waals surface area (Å²) in [5.74, 6) is 0.739. The van der Waals surface area contributed by atoms with Crippen molar-refractivity contribution >= 4 is 11.9 Å². The van der Waals surface area contributed by atoms with E-state index in [1.807, 2.05) is 31.2 Å². The molecule has 1 aromatic carbocycles. The molecule has 0 atom stereocenters. The summed E-state index contributed by atoms with van der Waals surface area (Å²) in [6.07, 6.45) is 0.843. The van der Waals surface area contributed by atoms with Crippen LogP contribution in [0.15, 0.2) is 29.3 Å². The number of aliphatic imine (C=N–C) groups is 1. The molecule has 3 N–H and O–H groups in total. The van der Waals surface area contributed by atoms with Crippen LogP contribution in [0.3, 0.4) is 0 Å². The van der Waals surface area contributed by atoms with Gasteiger partial charge in [0.1, 0.15) is 0 Å². The lowest BCUT2D eigenvalue weighted by Gasteiger charge is -2.10. The molecular formula is C14H22N4O. The second kappa shape index (κ2) is 8.13. The first-order chi connectivity index (χ1) is 9.21. The van der Waals surface area contributed by atoms with Gasteiger partial charge in [-0.15, -0.1) is 0 Å². The Bertz CT molecular complexity index is 443. The van der Waals surface area contributed by atoms with Crippen molar-refractivity contribution in [2.24, 2.45) is 4.99 Å². The van der Waals surface area contributed by atoms with Crippen molar-refractivity contribution < 1.29 is 4.79 Å². The summed E-state index contributed by atoms with van der Waals surface area (Å²) in [5, 5.41) is 8.98. The van der Waals surface area contributed by atoms with Crippen molar-refractivity contribution in [1.29, 1.82) is 0 Å². The largest absolute Gasteiger partial charge is 0.357 e. The Labute approximate surface area is 114 Å². The summed E-state index contributed by atoms with van der Waals surface area (Å²) in [6, 6.07) is 7.65. The average molecular weight is 262 g/mol. The molecule has 19 heavy (non-hydrogen) atoms. The van der Waals surface area contributed by atoms with Gasteiger partial charge in [0, 0.05) is 32.7 Å². The second-order valence-corrected chi connectivity index (χ2v) is 4.06. The maximum absolute atomic E-state index is 11.5. The fraction of sp³-hybridized carbons (Fsp3) is 0.429. The monoisotopic (exact) mass is 262 g/mol. The molecule has 1 aromatic rings. The predicted molar refractivity (Wildman–Crippen MR) is 78.6 cm³/mol. The van der Waals surface area contributed by atoms with Gasteiger partial charge in [-0.2, -0.15) is 0 Å². The molecule has 0 aliphatic rings. The first kappa shape index (κ1) is 15.0. The van der Waals surface area contributed by atoms with Crippen LogP contribution >= 0.6 is 0 Å². The van der Waals surface area contributed by atoms with Gasteiger partial charge >= 0.3 is 0 Å². The smallest absolute Gasteiger partial charge is 0.251 e. The molecule has 0 bridgehead atoms. The van der Waals surface area contributed by atoms with Gasteiger partial charge in [-0.1, -0.05) is 12.1 Å². The van der Waals surface area contributed by atoms with Crippen molar-refractivity contribution in [2.45, 2.75) is 13.3 Å². The second-order valence-electron chi connectivity index (χ2n) is 4.06. The topological polar surface area (TPSA) is 65.5 Å². The van der Waals surface area contributed by atoms with Crippen LogP contribution in [0.5, 0.6) is 0 Å². The van der Waals surface area contributed by atoms with Crippen LogP contribution in [-0.2, 0) is 6.42 Å². The predicted octanol–water partition coefficient (Wildman–Crippen LogP) is 0.774. The molecule has 0 aliphatic carbocycles. The van der Waals surface area contributed by atoms with E-state index in [9.17, 15) is 4.79 Å². The molecule has 0 fully saturated rings. The van der Waals surface area contributed by atoms with Crippen LogP contribution in [0.1, 0.15) is 22.8 Å². The first-order valence-electron chi connectivity index (χ1n) is 6.46. The van der Waals surface area contributed by atoms with Crippen LogP contribution < -0.4 is 16.0 Å². The van der Waals surface area contributed by atoms with Crippen molar-refractivity contribution in [3.05, 3.63) is 35.4 Å². The zero-order valence-corrected chi connectivity index (χ0v) is 11.8. The number of hydrogen-bond donors (Lipinski definition) is 3. The van der Waals surface area contributed by atoms with Gasteiger partial charge in [0.2, 0.25) is 0 Å². The maximum atomic E-state index is 11.5. The third-order valence-electron chi connectivity index (χ3n) is 2.69. The quantitative estimate of drug-likeness (QED) is 0.542. The highest BCUT2D eigenvalue weighted by molar-refractivity contribution is 5.94. The molecule has 0 spiro atoms. The van der Waals surface area contributed by atoms with E-state index in [1.54, 1.807) is 14.1 Å². The summed E-state index contributed by atoms with van der Waals surface area (Å²) in [4.78, 5) is 15.6. The van der Waals surface area contributed by atoms with Crippen LogP contribution in [0.25, 0.3) is 0 Å². The van der Waals surface area contributed by atoms with Crippen LogP contribution in [0.4, 0.5) is 0 Å². The number of hydrogen-bond acceptors (Lipinski definition) is 2. The van der Waals surface area contributed by atoms with Gasteiger partial charge in [-0.05, 0) is 31.0 Å². The summed E-state index contributed by atoms with van der Waals surface area (Å²) in [5.41, 5.74) is 1.82. The Morgan fingerprint density at radius 1 is 1.32 bits per heavy atom. The van der Waals surface area contributed by atoms with Gasteiger partial charge in [-0.25, -0.2) is 0 Å². The number of rotatable bonds is 5. The van der Waals surface area contributed by atoms with Crippen molar-refractivity contribution in [3.63, 3.8) is 0 Å². The maximum Gasteiger partial charge on any atom is 0.251 e. The normalized spacial score (nSPS) is 11.0. The van der Waals surface area contributed by atoms with Crippen molar-refractivity contribution in [1.82, 2.24) is 16.0 Å². The van der Waals surface area contributed by atoms with E-state index in [4.69, 9.17) is 0 Å². The molecule has 0 aliphatic heterocycles. The van der Waals surface area contributed by atoms with E-state index < -0.39 is 0 Å². The lowest BCUT2D eigenvalue weighted by Crippen LogP contribution is -2.38. The summed E-state index contributed by atoms with van der Waals surface area (Å²) >= 11 is 0. The number of carbonyl (C=O) groups is 1. The molecule has 0 heterocycles. The first-order valence-corrected chi connectivity index (χ1v) is 6.46. The Balaban J connectivity index is 2.52.